The van der Waals surface area contributed by atoms with Gasteiger partial charge in [-0.15, -0.1) is 0 Å². The van der Waals surface area contributed by atoms with E-state index in [0.717, 1.165) is 12.8 Å². The predicted octanol–water partition coefficient (Wildman–Crippen LogP) is 0.138. The van der Waals surface area contributed by atoms with E-state index in [1.165, 1.54) is 0 Å². The molecule has 1 saturated heterocycles. The molecule has 1 aromatic heterocycles. The highest BCUT2D eigenvalue weighted by atomic mass is 16.5. The van der Waals surface area contributed by atoms with Gasteiger partial charge in [-0.25, -0.2) is 0 Å². The molecular formula is C11H20N4O2. The summed E-state index contributed by atoms with van der Waals surface area (Å²) in [5, 5.41) is 4.00. The highest BCUT2D eigenvalue weighted by Crippen LogP contribution is 2.32. The van der Waals surface area contributed by atoms with Crippen LogP contribution in [-0.4, -0.2) is 48.9 Å². The number of hydrogen-bond acceptors (Lipinski definition) is 6. The summed E-state index contributed by atoms with van der Waals surface area (Å²) < 4.78 is 10.7. The fourth-order valence-corrected chi connectivity index (χ4v) is 2.08. The summed E-state index contributed by atoms with van der Waals surface area (Å²) in [6, 6.07) is 0. The number of hydrogen-bond donors (Lipinski definition) is 1. The van der Waals surface area contributed by atoms with Crippen molar-refractivity contribution in [3.63, 3.8) is 0 Å². The molecule has 0 saturated carbocycles. The van der Waals surface area contributed by atoms with Crippen molar-refractivity contribution in [2.75, 3.05) is 33.9 Å². The van der Waals surface area contributed by atoms with Gasteiger partial charge in [0.15, 0.2) is 5.82 Å². The van der Waals surface area contributed by atoms with E-state index in [-0.39, 0.29) is 5.41 Å². The Morgan fingerprint density at radius 1 is 1.35 bits per heavy atom. The highest BCUT2D eigenvalue weighted by Gasteiger charge is 2.38. The molecule has 1 aromatic rings. The van der Waals surface area contributed by atoms with Crippen LogP contribution in [0.2, 0.25) is 0 Å². The van der Waals surface area contributed by atoms with Crippen LogP contribution in [0.5, 0.6) is 0 Å². The maximum Gasteiger partial charge on any atom is 0.234 e. The Morgan fingerprint density at radius 3 is 2.65 bits per heavy atom. The average Bonchev–Trinajstić information content (AvgIpc) is 2.78. The Balaban J connectivity index is 2.16. The minimum Gasteiger partial charge on any atom is -0.381 e. The monoisotopic (exact) mass is 240 g/mol. The van der Waals surface area contributed by atoms with E-state index in [1.54, 1.807) is 0 Å². The van der Waals surface area contributed by atoms with Crippen molar-refractivity contribution in [3.8, 4) is 0 Å². The second-order valence-electron chi connectivity index (χ2n) is 4.85. The third-order valence-corrected chi connectivity index (χ3v) is 3.22. The smallest absolute Gasteiger partial charge is 0.234 e. The van der Waals surface area contributed by atoms with Gasteiger partial charge in [0.2, 0.25) is 5.89 Å². The van der Waals surface area contributed by atoms with Crippen molar-refractivity contribution in [1.29, 1.82) is 0 Å². The molecule has 1 aliphatic rings. The van der Waals surface area contributed by atoms with Crippen LogP contribution in [0.15, 0.2) is 4.52 Å². The minimum atomic E-state index is -0.185. The number of aromatic nitrogens is 2. The van der Waals surface area contributed by atoms with Crippen molar-refractivity contribution >= 4 is 0 Å². The van der Waals surface area contributed by atoms with Crippen molar-refractivity contribution in [2.24, 2.45) is 5.73 Å². The molecule has 1 fully saturated rings. The van der Waals surface area contributed by atoms with Crippen molar-refractivity contribution in [1.82, 2.24) is 15.0 Å². The van der Waals surface area contributed by atoms with Crippen molar-refractivity contribution in [2.45, 2.75) is 24.8 Å². The molecule has 0 amide bonds. The normalized spacial score (nSPS) is 19.8. The first-order valence-corrected chi connectivity index (χ1v) is 5.92. The summed E-state index contributed by atoms with van der Waals surface area (Å²) in [6.45, 7) is 2.63. The van der Waals surface area contributed by atoms with Gasteiger partial charge in [-0.3, -0.25) is 0 Å². The summed E-state index contributed by atoms with van der Waals surface area (Å²) in [5.41, 5.74) is 5.70. The van der Waals surface area contributed by atoms with Gasteiger partial charge in [0.1, 0.15) is 0 Å². The predicted molar refractivity (Wildman–Crippen MR) is 62.5 cm³/mol. The highest BCUT2D eigenvalue weighted by molar-refractivity contribution is 5.07. The third kappa shape index (κ3) is 2.65. The van der Waals surface area contributed by atoms with Crippen LogP contribution in [0, 0.1) is 0 Å². The molecule has 2 N–H and O–H groups in total. The lowest BCUT2D eigenvalue weighted by molar-refractivity contribution is 0.0409. The number of nitrogens with zero attached hydrogens (tertiary/aromatic N) is 3. The van der Waals surface area contributed by atoms with E-state index in [1.807, 2.05) is 19.0 Å². The Labute approximate surface area is 101 Å². The summed E-state index contributed by atoms with van der Waals surface area (Å²) in [5.74, 6) is 1.38. The zero-order chi connectivity index (χ0) is 12.3. The topological polar surface area (TPSA) is 77.4 Å². The summed E-state index contributed by atoms with van der Waals surface area (Å²) in [4.78, 5) is 6.47. The molecule has 0 aromatic carbocycles. The fraction of sp³-hybridized carbons (Fsp3) is 0.818. The zero-order valence-electron chi connectivity index (χ0n) is 10.5. The summed E-state index contributed by atoms with van der Waals surface area (Å²) in [7, 11) is 3.95. The largest absolute Gasteiger partial charge is 0.381 e. The van der Waals surface area contributed by atoms with Crippen LogP contribution in [-0.2, 0) is 16.7 Å². The van der Waals surface area contributed by atoms with Crippen molar-refractivity contribution in [3.05, 3.63) is 11.7 Å². The maximum atomic E-state index is 5.89. The number of ether oxygens (including phenoxy) is 1. The molecule has 6 nitrogen and oxygen atoms in total. The van der Waals surface area contributed by atoms with Gasteiger partial charge in [0.25, 0.3) is 0 Å². The first-order valence-electron chi connectivity index (χ1n) is 5.92. The van der Waals surface area contributed by atoms with E-state index in [0.29, 0.717) is 38.0 Å². The summed E-state index contributed by atoms with van der Waals surface area (Å²) >= 11 is 0. The first-order chi connectivity index (χ1) is 8.16. The standard InChI is InChI=1S/C11H20N4O2/c1-15(2)7-9-13-10(17-14-9)11(8-12)3-5-16-6-4-11/h3-8,12H2,1-2H3. The van der Waals surface area contributed by atoms with Gasteiger partial charge in [-0.2, -0.15) is 4.98 Å². The van der Waals surface area contributed by atoms with Crippen molar-refractivity contribution < 1.29 is 9.26 Å². The molecule has 96 valence electrons. The van der Waals surface area contributed by atoms with Crippen LogP contribution in [0.1, 0.15) is 24.6 Å². The zero-order valence-corrected chi connectivity index (χ0v) is 10.5. The molecule has 0 spiro atoms. The molecule has 17 heavy (non-hydrogen) atoms. The molecule has 1 aliphatic heterocycles. The Hall–Kier alpha value is -0.980. The lowest BCUT2D eigenvalue weighted by Crippen LogP contribution is -2.41. The van der Waals surface area contributed by atoms with E-state index in [4.69, 9.17) is 15.0 Å². The number of nitrogens with two attached hydrogens (primary N) is 1. The molecule has 0 radical (unpaired) electrons. The molecule has 2 rings (SSSR count). The fourth-order valence-electron chi connectivity index (χ4n) is 2.08. The van der Waals surface area contributed by atoms with E-state index in [9.17, 15) is 0 Å². The van der Waals surface area contributed by atoms with Gasteiger partial charge in [-0.1, -0.05) is 5.16 Å². The molecule has 6 heteroatoms. The van der Waals surface area contributed by atoms with Crippen LogP contribution >= 0.6 is 0 Å². The quantitative estimate of drug-likeness (QED) is 0.806. The van der Waals surface area contributed by atoms with Gasteiger partial charge < -0.3 is 19.9 Å². The van der Waals surface area contributed by atoms with Gasteiger partial charge in [-0.05, 0) is 26.9 Å². The third-order valence-electron chi connectivity index (χ3n) is 3.22. The second-order valence-corrected chi connectivity index (χ2v) is 4.85. The molecule has 0 unspecified atom stereocenters. The Bertz CT molecular complexity index is 358. The van der Waals surface area contributed by atoms with Crippen LogP contribution in [0.3, 0.4) is 0 Å². The Kier molecular flexibility index (Phi) is 3.76. The van der Waals surface area contributed by atoms with Crippen LogP contribution < -0.4 is 5.73 Å². The minimum absolute atomic E-state index is 0.185. The summed E-state index contributed by atoms with van der Waals surface area (Å²) in [6.07, 6.45) is 1.71. The lowest BCUT2D eigenvalue weighted by atomic mass is 9.80. The SMILES string of the molecule is CN(C)Cc1noc(C2(CN)CCOCC2)n1. The van der Waals surface area contributed by atoms with Crippen LogP contribution in [0.25, 0.3) is 0 Å². The molecule has 2 heterocycles. The second kappa shape index (κ2) is 5.12. The number of rotatable bonds is 4. The Morgan fingerprint density at radius 2 is 2.06 bits per heavy atom. The van der Waals surface area contributed by atoms with E-state index >= 15 is 0 Å². The van der Waals surface area contributed by atoms with Crippen LogP contribution in [0.4, 0.5) is 0 Å². The molecule has 0 aliphatic carbocycles. The van der Waals surface area contributed by atoms with Gasteiger partial charge >= 0.3 is 0 Å². The van der Waals surface area contributed by atoms with E-state index in [2.05, 4.69) is 10.1 Å². The van der Waals surface area contributed by atoms with Gasteiger partial charge in [0, 0.05) is 19.8 Å². The van der Waals surface area contributed by atoms with Gasteiger partial charge in [0.05, 0.1) is 12.0 Å². The molecular weight excluding hydrogens is 220 g/mol. The molecule has 0 bridgehead atoms. The lowest BCUT2D eigenvalue weighted by Gasteiger charge is -2.32. The molecule has 0 atom stereocenters. The maximum absolute atomic E-state index is 5.89. The average molecular weight is 240 g/mol. The van der Waals surface area contributed by atoms with E-state index < -0.39 is 0 Å². The first kappa shape index (κ1) is 12.5.